The molecule has 0 spiro atoms. The first-order valence-corrected chi connectivity index (χ1v) is 10.7. The van der Waals surface area contributed by atoms with Crippen LogP contribution in [0.1, 0.15) is 27.2 Å². The lowest BCUT2D eigenvalue weighted by molar-refractivity contribution is 0.0835. The topological polar surface area (TPSA) is 81.1 Å². The largest absolute Gasteiger partial charge is 0.375 e. The summed E-state index contributed by atoms with van der Waals surface area (Å²) in [4.78, 5) is 18.6. The number of amidine groups is 1. The number of rotatable bonds is 6. The number of hydrogen-bond donors (Lipinski definition) is 3. The molecule has 3 aromatic rings. The molecule has 32 heavy (non-hydrogen) atoms. The molecule has 0 aliphatic carbocycles. The minimum Gasteiger partial charge on any atom is -0.375 e. The van der Waals surface area contributed by atoms with E-state index in [2.05, 4.69) is 45.9 Å². The smallest absolute Gasteiger partial charge is 0.259 e. The average molecular weight is 426 g/mol. The molecule has 0 bridgehead atoms. The van der Waals surface area contributed by atoms with E-state index in [-0.39, 0.29) is 11.7 Å². The molecule has 0 unspecified atom stereocenters. The van der Waals surface area contributed by atoms with Gasteiger partial charge < -0.3 is 10.6 Å². The molecule has 2 heterocycles. The van der Waals surface area contributed by atoms with Crippen molar-refractivity contribution in [3.05, 3.63) is 101 Å². The molecule has 3 N–H and O–H groups in total. The second kappa shape index (κ2) is 9.47. The third kappa shape index (κ3) is 4.70. The van der Waals surface area contributed by atoms with Crippen molar-refractivity contribution < 1.29 is 4.79 Å². The van der Waals surface area contributed by atoms with E-state index in [1.807, 2.05) is 43.5 Å². The molecule has 0 fully saturated rings. The highest BCUT2D eigenvalue weighted by molar-refractivity contribution is 6.10. The Morgan fingerprint density at radius 3 is 2.66 bits per heavy atom. The summed E-state index contributed by atoms with van der Waals surface area (Å²) in [6.07, 6.45) is 4.24. The summed E-state index contributed by atoms with van der Waals surface area (Å²) < 4.78 is 0. The van der Waals surface area contributed by atoms with Gasteiger partial charge in [-0.1, -0.05) is 42.5 Å². The van der Waals surface area contributed by atoms with Crippen molar-refractivity contribution in [2.75, 3.05) is 13.6 Å². The Labute approximate surface area is 188 Å². The molecular weight excluding hydrogens is 398 g/mol. The normalized spacial score (nSPS) is 13.5. The molecule has 1 aliphatic rings. The lowest BCUT2D eigenvalue weighted by atomic mass is 9.99. The molecule has 1 amide bonds. The van der Waals surface area contributed by atoms with Crippen LogP contribution in [0.5, 0.6) is 0 Å². The quantitative estimate of drug-likeness (QED) is 0.414. The Hall–Kier alpha value is -3.93. The molecule has 0 atom stereocenters. The van der Waals surface area contributed by atoms with Gasteiger partial charge in [-0.2, -0.15) is 0 Å². The van der Waals surface area contributed by atoms with Gasteiger partial charge in [-0.25, -0.2) is 0 Å². The van der Waals surface area contributed by atoms with Crippen LogP contribution < -0.4 is 10.6 Å². The van der Waals surface area contributed by atoms with Crippen molar-refractivity contribution in [2.45, 2.75) is 19.9 Å². The first kappa shape index (κ1) is 21.3. The first-order valence-electron chi connectivity index (χ1n) is 10.7. The Bertz CT molecular complexity index is 1170. The van der Waals surface area contributed by atoms with E-state index < -0.39 is 0 Å². The molecule has 0 saturated heterocycles. The van der Waals surface area contributed by atoms with Crippen LogP contribution in [-0.2, 0) is 13.0 Å². The molecule has 6 nitrogen and oxygen atoms in total. The summed E-state index contributed by atoms with van der Waals surface area (Å²) in [6.45, 7) is 3.10. The summed E-state index contributed by atoms with van der Waals surface area (Å²) in [7, 11) is 1.80. The Kier molecular flexibility index (Phi) is 6.31. The average Bonchev–Trinajstić information content (AvgIpc) is 2.82. The number of aromatic nitrogens is 1. The second-order valence-electron chi connectivity index (χ2n) is 7.79. The fraction of sp³-hybridized carbons (Fsp3) is 0.192. The van der Waals surface area contributed by atoms with Crippen LogP contribution in [0.3, 0.4) is 0 Å². The van der Waals surface area contributed by atoms with E-state index in [0.717, 1.165) is 34.4 Å². The monoisotopic (exact) mass is 425 g/mol. The number of hydrogen-bond acceptors (Lipinski definition) is 5. The summed E-state index contributed by atoms with van der Waals surface area (Å²) in [5, 5.41) is 14.9. The van der Waals surface area contributed by atoms with Crippen LogP contribution in [-0.4, -0.2) is 35.2 Å². The summed E-state index contributed by atoms with van der Waals surface area (Å²) in [6, 6.07) is 20.1. The maximum atomic E-state index is 12.8. The highest BCUT2D eigenvalue weighted by Crippen LogP contribution is 2.21. The number of nitrogens with one attached hydrogen (secondary N) is 3. The standard InChI is InChI=1S/C26H27N5O/c1-18-15-22(11-13-29-18)20-9-7-19(8-10-20)17-30-25(28-2)16-24(27)31-14-12-21-5-3-4-6-23(21)26(31)32/h3-11,13,15-16,27-28,30H,12,14,17H2,1-2H3/b25-16+,27-24?. The van der Waals surface area contributed by atoms with Crippen molar-refractivity contribution in [3.63, 3.8) is 0 Å². The van der Waals surface area contributed by atoms with E-state index in [9.17, 15) is 4.79 Å². The molecule has 1 aliphatic heterocycles. The van der Waals surface area contributed by atoms with E-state index >= 15 is 0 Å². The minimum absolute atomic E-state index is 0.120. The van der Waals surface area contributed by atoms with E-state index in [0.29, 0.717) is 24.5 Å². The zero-order valence-electron chi connectivity index (χ0n) is 18.4. The van der Waals surface area contributed by atoms with Crippen molar-refractivity contribution in [1.82, 2.24) is 20.5 Å². The third-order valence-corrected chi connectivity index (χ3v) is 5.61. The van der Waals surface area contributed by atoms with Gasteiger partial charge in [-0.15, -0.1) is 0 Å². The molecule has 2 aromatic carbocycles. The van der Waals surface area contributed by atoms with Crippen LogP contribution in [0.4, 0.5) is 0 Å². The number of aryl methyl sites for hydroxylation is 1. The van der Waals surface area contributed by atoms with Crippen LogP contribution in [0.15, 0.2) is 78.8 Å². The Morgan fingerprint density at radius 2 is 1.91 bits per heavy atom. The van der Waals surface area contributed by atoms with Crippen LogP contribution in [0.2, 0.25) is 0 Å². The van der Waals surface area contributed by atoms with Gasteiger partial charge in [-0.05, 0) is 53.8 Å². The fourth-order valence-electron chi connectivity index (χ4n) is 3.82. The van der Waals surface area contributed by atoms with Gasteiger partial charge in [0.15, 0.2) is 0 Å². The van der Waals surface area contributed by atoms with E-state index in [1.165, 1.54) is 4.90 Å². The van der Waals surface area contributed by atoms with Crippen LogP contribution in [0.25, 0.3) is 11.1 Å². The number of nitrogens with zero attached hydrogens (tertiary/aromatic N) is 2. The van der Waals surface area contributed by atoms with Crippen molar-refractivity contribution >= 4 is 11.7 Å². The molecule has 6 heteroatoms. The van der Waals surface area contributed by atoms with Gasteiger partial charge in [0.05, 0.1) is 0 Å². The number of carbonyl (C=O) groups excluding carboxylic acids is 1. The van der Waals surface area contributed by atoms with Crippen molar-refractivity contribution in [1.29, 1.82) is 5.41 Å². The number of carbonyl (C=O) groups is 1. The second-order valence-corrected chi connectivity index (χ2v) is 7.79. The van der Waals surface area contributed by atoms with Crippen LogP contribution >= 0.6 is 0 Å². The summed E-state index contributed by atoms with van der Waals surface area (Å²) in [5.41, 5.74) is 6.14. The van der Waals surface area contributed by atoms with Gasteiger partial charge in [-0.3, -0.25) is 20.1 Å². The minimum atomic E-state index is -0.120. The maximum absolute atomic E-state index is 12.8. The van der Waals surface area contributed by atoms with Crippen molar-refractivity contribution in [3.8, 4) is 11.1 Å². The van der Waals surface area contributed by atoms with Crippen molar-refractivity contribution in [2.24, 2.45) is 0 Å². The fourth-order valence-corrected chi connectivity index (χ4v) is 3.82. The zero-order valence-corrected chi connectivity index (χ0v) is 18.4. The van der Waals surface area contributed by atoms with Gasteiger partial charge in [0.2, 0.25) is 0 Å². The third-order valence-electron chi connectivity index (χ3n) is 5.61. The predicted molar refractivity (Wildman–Crippen MR) is 127 cm³/mol. The number of benzene rings is 2. The highest BCUT2D eigenvalue weighted by Gasteiger charge is 2.26. The lowest BCUT2D eigenvalue weighted by Crippen LogP contribution is -2.41. The number of pyridine rings is 1. The van der Waals surface area contributed by atoms with Crippen LogP contribution in [0, 0.1) is 12.3 Å². The molecule has 4 rings (SSSR count). The number of amides is 1. The molecular formula is C26H27N5O. The van der Waals surface area contributed by atoms with Gasteiger partial charge in [0.25, 0.3) is 5.91 Å². The molecule has 1 aromatic heterocycles. The maximum Gasteiger partial charge on any atom is 0.259 e. The Morgan fingerprint density at radius 1 is 1.12 bits per heavy atom. The van der Waals surface area contributed by atoms with E-state index in [1.54, 1.807) is 13.1 Å². The first-order chi connectivity index (χ1) is 15.5. The summed E-state index contributed by atoms with van der Waals surface area (Å²) in [5.74, 6) is 0.741. The molecule has 0 saturated carbocycles. The molecule has 0 radical (unpaired) electrons. The SMILES string of the molecule is CN/C(=C\C(=N)N1CCc2ccccc2C1=O)NCc1ccc(-c2ccnc(C)c2)cc1. The summed E-state index contributed by atoms with van der Waals surface area (Å²) >= 11 is 0. The van der Waals surface area contributed by atoms with E-state index in [4.69, 9.17) is 5.41 Å². The van der Waals surface area contributed by atoms with Gasteiger partial charge in [0, 0.05) is 43.7 Å². The zero-order chi connectivity index (χ0) is 22.5. The Balaban J connectivity index is 1.40. The van der Waals surface area contributed by atoms with Gasteiger partial charge >= 0.3 is 0 Å². The van der Waals surface area contributed by atoms with Gasteiger partial charge in [0.1, 0.15) is 11.7 Å². The lowest BCUT2D eigenvalue weighted by Gasteiger charge is -2.28. The molecule has 162 valence electrons. The predicted octanol–water partition coefficient (Wildman–Crippen LogP) is 3.88. The number of fused-ring (bicyclic) bond motifs is 1. The highest BCUT2D eigenvalue weighted by atomic mass is 16.2.